The van der Waals surface area contributed by atoms with Gasteiger partial charge in [0, 0.05) is 36.3 Å². The summed E-state index contributed by atoms with van der Waals surface area (Å²) in [5, 5.41) is 5.58. The third-order valence-corrected chi connectivity index (χ3v) is 4.67. The third kappa shape index (κ3) is 4.41. The number of aromatic nitrogens is 1. The fraction of sp³-hybridized carbons (Fsp3) is 0.136. The molecule has 0 saturated carbocycles. The van der Waals surface area contributed by atoms with Crippen LogP contribution in [0.25, 0.3) is 0 Å². The lowest BCUT2D eigenvalue weighted by Gasteiger charge is -2.27. The second kappa shape index (κ2) is 8.53. The molecule has 1 aromatic heterocycles. The van der Waals surface area contributed by atoms with Crippen LogP contribution in [-0.2, 0) is 15.1 Å². The summed E-state index contributed by atoms with van der Waals surface area (Å²) in [6, 6.07) is 17.1. The molecule has 0 radical (unpaired) electrons. The molecule has 1 heterocycles. The van der Waals surface area contributed by atoms with Crippen LogP contribution in [0.4, 0.5) is 17.1 Å². The van der Waals surface area contributed by atoms with Crippen molar-refractivity contribution in [2.24, 2.45) is 0 Å². The average molecular weight is 390 g/mol. The van der Waals surface area contributed by atoms with Crippen LogP contribution in [0, 0.1) is 0 Å². The first-order valence-electron chi connectivity index (χ1n) is 8.97. The van der Waals surface area contributed by atoms with E-state index >= 15 is 0 Å². The van der Waals surface area contributed by atoms with Crippen LogP contribution < -0.4 is 16.4 Å². The number of anilines is 3. The van der Waals surface area contributed by atoms with Crippen LogP contribution >= 0.6 is 0 Å². The van der Waals surface area contributed by atoms with Crippen LogP contribution in [0.2, 0.25) is 0 Å². The quantitative estimate of drug-likeness (QED) is 0.559. The highest BCUT2D eigenvalue weighted by Gasteiger charge is 2.35. The van der Waals surface area contributed by atoms with Gasteiger partial charge in [-0.3, -0.25) is 14.6 Å². The Morgan fingerprint density at radius 2 is 1.72 bits per heavy atom. The Kier molecular flexibility index (Phi) is 5.90. The first-order valence-corrected chi connectivity index (χ1v) is 8.97. The summed E-state index contributed by atoms with van der Waals surface area (Å²) in [7, 11) is 1.47. The number of carbonyl (C=O) groups excluding carboxylic acids is 2. The number of nitrogens with two attached hydrogens (primary N) is 1. The number of rotatable bonds is 6. The number of pyridine rings is 1. The van der Waals surface area contributed by atoms with Crippen molar-refractivity contribution in [1.82, 2.24) is 4.98 Å². The normalized spacial score (nSPS) is 12.6. The number of ether oxygens (including phenoxy) is 1. The predicted molar refractivity (Wildman–Crippen MR) is 112 cm³/mol. The zero-order valence-corrected chi connectivity index (χ0v) is 16.2. The highest BCUT2D eigenvalue weighted by molar-refractivity contribution is 6.06. The summed E-state index contributed by atoms with van der Waals surface area (Å²) in [6.45, 7) is 1.67. The molecule has 2 amide bonds. The second-order valence-corrected chi connectivity index (χ2v) is 6.55. The van der Waals surface area contributed by atoms with Gasteiger partial charge < -0.3 is 21.1 Å². The van der Waals surface area contributed by atoms with Crippen LogP contribution in [0.3, 0.4) is 0 Å². The second-order valence-electron chi connectivity index (χ2n) is 6.55. The Morgan fingerprint density at radius 1 is 1.00 bits per heavy atom. The van der Waals surface area contributed by atoms with Crippen molar-refractivity contribution >= 4 is 28.9 Å². The number of amides is 2. The summed E-state index contributed by atoms with van der Waals surface area (Å²) >= 11 is 0. The minimum Gasteiger partial charge on any atom is -0.397 e. The highest BCUT2D eigenvalue weighted by Crippen LogP contribution is 2.26. The lowest BCUT2D eigenvalue weighted by atomic mass is 9.96. The molecular formula is C22H22N4O3. The number of carbonyl (C=O) groups is 2. The standard InChI is InChI=1S/C22H22N4O3/c1-22(29-2,16-6-5-13-24-14-16)21(28)25-17-11-9-15(10-12-17)20(27)26-19-8-4-3-7-18(19)23/h3-14H,23H2,1-2H3,(H,25,28)(H,26,27). The molecule has 0 saturated heterocycles. The van der Waals surface area contributed by atoms with Crippen molar-refractivity contribution in [2.45, 2.75) is 12.5 Å². The number of para-hydroxylation sites is 2. The van der Waals surface area contributed by atoms with E-state index in [0.29, 0.717) is 28.2 Å². The molecule has 7 heteroatoms. The Balaban J connectivity index is 1.71. The Hall–Kier alpha value is -3.71. The number of benzene rings is 2. The molecule has 0 bridgehead atoms. The third-order valence-electron chi connectivity index (χ3n) is 4.67. The Bertz CT molecular complexity index is 1010. The van der Waals surface area contributed by atoms with E-state index < -0.39 is 5.60 Å². The van der Waals surface area contributed by atoms with Gasteiger partial charge in [-0.2, -0.15) is 0 Å². The van der Waals surface area contributed by atoms with E-state index in [4.69, 9.17) is 10.5 Å². The first-order chi connectivity index (χ1) is 13.9. The van der Waals surface area contributed by atoms with Crippen LogP contribution in [0.15, 0.2) is 73.1 Å². The van der Waals surface area contributed by atoms with Crippen LogP contribution in [0.1, 0.15) is 22.8 Å². The van der Waals surface area contributed by atoms with Crippen molar-refractivity contribution in [3.8, 4) is 0 Å². The van der Waals surface area contributed by atoms with Crippen molar-refractivity contribution < 1.29 is 14.3 Å². The van der Waals surface area contributed by atoms with E-state index in [1.807, 2.05) is 0 Å². The van der Waals surface area contributed by atoms with E-state index in [1.165, 1.54) is 7.11 Å². The molecule has 0 fully saturated rings. The molecule has 3 rings (SSSR count). The number of hydrogen-bond acceptors (Lipinski definition) is 5. The number of nitrogens with zero attached hydrogens (tertiary/aromatic N) is 1. The van der Waals surface area contributed by atoms with Crippen LogP contribution in [0.5, 0.6) is 0 Å². The molecule has 1 atom stereocenters. The monoisotopic (exact) mass is 390 g/mol. The topological polar surface area (TPSA) is 106 Å². The number of nitrogen functional groups attached to an aromatic ring is 1. The predicted octanol–water partition coefficient (Wildman–Crippen LogP) is 3.42. The Labute approximate surface area is 168 Å². The van der Waals surface area contributed by atoms with Crippen molar-refractivity contribution in [2.75, 3.05) is 23.5 Å². The summed E-state index contributed by atoms with van der Waals surface area (Å²) in [5.74, 6) is -0.639. The van der Waals surface area contributed by atoms with Gasteiger partial charge in [0.05, 0.1) is 11.4 Å². The molecule has 7 nitrogen and oxygen atoms in total. The summed E-state index contributed by atoms with van der Waals surface area (Å²) < 4.78 is 5.47. The summed E-state index contributed by atoms with van der Waals surface area (Å²) in [6.07, 6.45) is 3.22. The largest absolute Gasteiger partial charge is 0.397 e. The molecule has 0 aliphatic carbocycles. The molecular weight excluding hydrogens is 368 g/mol. The minimum atomic E-state index is -1.20. The summed E-state index contributed by atoms with van der Waals surface area (Å²) in [4.78, 5) is 29.3. The molecule has 0 aliphatic rings. The molecule has 2 aromatic carbocycles. The van der Waals surface area contributed by atoms with Crippen molar-refractivity contribution in [1.29, 1.82) is 0 Å². The SMILES string of the molecule is COC(C)(C(=O)Nc1ccc(C(=O)Nc2ccccc2N)cc1)c1cccnc1. The maximum absolute atomic E-state index is 12.8. The lowest BCUT2D eigenvalue weighted by Crippen LogP contribution is -2.39. The van der Waals surface area contributed by atoms with Gasteiger partial charge in [-0.15, -0.1) is 0 Å². The van der Waals surface area contributed by atoms with Gasteiger partial charge in [-0.05, 0) is 49.4 Å². The molecule has 3 aromatic rings. The van der Waals surface area contributed by atoms with Gasteiger partial charge in [0.2, 0.25) is 0 Å². The Morgan fingerprint density at radius 3 is 2.34 bits per heavy atom. The van der Waals surface area contributed by atoms with Gasteiger partial charge in [-0.25, -0.2) is 0 Å². The average Bonchev–Trinajstić information content (AvgIpc) is 2.75. The molecule has 0 aliphatic heterocycles. The van der Waals surface area contributed by atoms with Crippen molar-refractivity contribution in [3.05, 3.63) is 84.2 Å². The van der Waals surface area contributed by atoms with E-state index in [9.17, 15) is 9.59 Å². The van der Waals surface area contributed by atoms with Crippen molar-refractivity contribution in [3.63, 3.8) is 0 Å². The van der Waals surface area contributed by atoms with E-state index in [0.717, 1.165) is 0 Å². The molecule has 29 heavy (non-hydrogen) atoms. The van der Waals surface area contributed by atoms with Gasteiger partial charge >= 0.3 is 0 Å². The lowest BCUT2D eigenvalue weighted by molar-refractivity contribution is -0.136. The number of hydrogen-bond donors (Lipinski definition) is 3. The van der Waals surface area contributed by atoms with Gasteiger partial charge in [0.15, 0.2) is 5.60 Å². The van der Waals surface area contributed by atoms with E-state index in [-0.39, 0.29) is 11.8 Å². The highest BCUT2D eigenvalue weighted by atomic mass is 16.5. The maximum atomic E-state index is 12.8. The summed E-state index contributed by atoms with van der Waals surface area (Å²) in [5.41, 5.74) is 7.29. The molecule has 4 N–H and O–H groups in total. The van der Waals surface area contributed by atoms with Gasteiger partial charge in [0.25, 0.3) is 11.8 Å². The molecule has 1 unspecified atom stereocenters. The fourth-order valence-electron chi connectivity index (χ4n) is 2.75. The van der Waals surface area contributed by atoms with E-state index in [2.05, 4.69) is 15.6 Å². The first kappa shape index (κ1) is 20.0. The molecule has 148 valence electrons. The number of methoxy groups -OCH3 is 1. The zero-order chi connectivity index (χ0) is 20.9. The maximum Gasteiger partial charge on any atom is 0.261 e. The van der Waals surface area contributed by atoms with Gasteiger partial charge in [-0.1, -0.05) is 18.2 Å². The number of nitrogens with one attached hydrogen (secondary N) is 2. The van der Waals surface area contributed by atoms with Crippen LogP contribution in [-0.4, -0.2) is 23.9 Å². The van der Waals surface area contributed by atoms with E-state index in [1.54, 1.807) is 80.0 Å². The smallest absolute Gasteiger partial charge is 0.261 e. The van der Waals surface area contributed by atoms with Gasteiger partial charge in [0.1, 0.15) is 0 Å². The molecule has 0 spiro atoms. The zero-order valence-electron chi connectivity index (χ0n) is 16.2. The minimum absolute atomic E-state index is 0.294. The fourth-order valence-corrected chi connectivity index (χ4v) is 2.75.